The fourth-order valence-corrected chi connectivity index (χ4v) is 3.06. The van der Waals surface area contributed by atoms with Gasteiger partial charge < -0.3 is 5.32 Å². The molecule has 1 N–H and O–H groups in total. The number of rotatable bonds is 8. The maximum Gasteiger partial charge on any atom is 0.0410 e. The first-order valence-corrected chi connectivity index (χ1v) is 8.33. The van der Waals surface area contributed by atoms with E-state index in [1.54, 1.807) is 0 Å². The zero-order valence-electron chi connectivity index (χ0n) is 11.3. The van der Waals surface area contributed by atoms with Gasteiger partial charge in [0, 0.05) is 14.6 Å². The molecule has 1 atom stereocenters. The highest BCUT2D eigenvalue weighted by Gasteiger charge is 2.13. The maximum atomic E-state index is 6.11. The molecule has 0 amide bonds. The molecular formula is C15H23ClIN. The highest BCUT2D eigenvalue weighted by Crippen LogP contribution is 2.27. The van der Waals surface area contributed by atoms with E-state index in [1.807, 2.05) is 6.07 Å². The van der Waals surface area contributed by atoms with Gasteiger partial charge in [0.2, 0.25) is 0 Å². The molecule has 1 nitrogen and oxygen atoms in total. The summed E-state index contributed by atoms with van der Waals surface area (Å²) < 4.78 is 1.30. The van der Waals surface area contributed by atoms with Crippen molar-refractivity contribution >= 4 is 34.2 Å². The summed E-state index contributed by atoms with van der Waals surface area (Å²) >= 11 is 8.52. The van der Waals surface area contributed by atoms with E-state index in [1.165, 1.54) is 41.2 Å². The molecule has 1 rings (SSSR count). The highest BCUT2D eigenvalue weighted by atomic mass is 127. The van der Waals surface area contributed by atoms with Crippen LogP contribution in [0.25, 0.3) is 0 Å². The standard InChI is InChI=1S/C15H23ClIN/c1-3-5-6-7-8-15(18-4-2)13-11-12(16)9-10-14(13)17/h9-11,15,18H,3-8H2,1-2H3. The topological polar surface area (TPSA) is 12.0 Å². The Kier molecular flexibility index (Phi) is 8.27. The van der Waals surface area contributed by atoms with E-state index in [4.69, 9.17) is 11.6 Å². The molecule has 0 bridgehead atoms. The molecule has 0 saturated carbocycles. The summed E-state index contributed by atoms with van der Waals surface area (Å²) in [5.41, 5.74) is 1.35. The van der Waals surface area contributed by atoms with Gasteiger partial charge in [-0.3, -0.25) is 0 Å². The number of nitrogens with one attached hydrogen (secondary N) is 1. The van der Waals surface area contributed by atoms with E-state index < -0.39 is 0 Å². The Hall–Kier alpha value is 0.200. The van der Waals surface area contributed by atoms with Gasteiger partial charge in [-0.05, 0) is 59.3 Å². The fourth-order valence-electron chi connectivity index (χ4n) is 2.17. The van der Waals surface area contributed by atoms with E-state index in [0.717, 1.165) is 11.6 Å². The van der Waals surface area contributed by atoms with Gasteiger partial charge in [-0.15, -0.1) is 0 Å². The Morgan fingerprint density at radius 3 is 2.67 bits per heavy atom. The lowest BCUT2D eigenvalue weighted by Crippen LogP contribution is -2.21. The van der Waals surface area contributed by atoms with Gasteiger partial charge in [-0.1, -0.05) is 51.1 Å². The summed E-state index contributed by atoms with van der Waals surface area (Å²) in [5, 5.41) is 4.42. The first kappa shape index (κ1) is 16.3. The van der Waals surface area contributed by atoms with Gasteiger partial charge in [0.25, 0.3) is 0 Å². The van der Waals surface area contributed by atoms with Crippen LogP contribution in [0.15, 0.2) is 18.2 Å². The zero-order chi connectivity index (χ0) is 13.4. The second-order valence-electron chi connectivity index (χ2n) is 4.63. The van der Waals surface area contributed by atoms with Crippen LogP contribution in [0, 0.1) is 3.57 Å². The van der Waals surface area contributed by atoms with Crippen molar-refractivity contribution in [1.29, 1.82) is 0 Å². The van der Waals surface area contributed by atoms with E-state index >= 15 is 0 Å². The zero-order valence-corrected chi connectivity index (χ0v) is 14.2. The summed E-state index contributed by atoms with van der Waals surface area (Å²) in [5.74, 6) is 0. The SMILES string of the molecule is CCCCCCC(NCC)c1cc(Cl)ccc1I. The Morgan fingerprint density at radius 2 is 2.00 bits per heavy atom. The maximum absolute atomic E-state index is 6.11. The summed E-state index contributed by atoms with van der Waals surface area (Å²) in [6.45, 7) is 5.42. The molecule has 1 unspecified atom stereocenters. The third kappa shape index (κ3) is 5.45. The Balaban J connectivity index is 2.67. The van der Waals surface area contributed by atoms with Crippen LogP contribution in [0.2, 0.25) is 5.02 Å². The van der Waals surface area contributed by atoms with Crippen LogP contribution in [-0.2, 0) is 0 Å². The van der Waals surface area contributed by atoms with Crippen LogP contribution in [0.4, 0.5) is 0 Å². The monoisotopic (exact) mass is 379 g/mol. The van der Waals surface area contributed by atoms with Gasteiger partial charge in [0.1, 0.15) is 0 Å². The van der Waals surface area contributed by atoms with Crippen molar-refractivity contribution in [3.63, 3.8) is 0 Å². The van der Waals surface area contributed by atoms with E-state index in [0.29, 0.717) is 6.04 Å². The van der Waals surface area contributed by atoms with Gasteiger partial charge in [0.05, 0.1) is 0 Å². The quantitative estimate of drug-likeness (QED) is 0.460. The van der Waals surface area contributed by atoms with Crippen molar-refractivity contribution in [2.75, 3.05) is 6.54 Å². The molecule has 0 radical (unpaired) electrons. The summed E-state index contributed by atoms with van der Waals surface area (Å²) in [6.07, 6.45) is 6.44. The van der Waals surface area contributed by atoms with Crippen molar-refractivity contribution in [3.05, 3.63) is 32.4 Å². The van der Waals surface area contributed by atoms with Gasteiger partial charge in [0.15, 0.2) is 0 Å². The third-order valence-corrected chi connectivity index (χ3v) is 4.35. The highest BCUT2D eigenvalue weighted by molar-refractivity contribution is 14.1. The molecular weight excluding hydrogens is 357 g/mol. The van der Waals surface area contributed by atoms with Crippen molar-refractivity contribution in [2.24, 2.45) is 0 Å². The lowest BCUT2D eigenvalue weighted by Gasteiger charge is -2.20. The first-order valence-electron chi connectivity index (χ1n) is 6.87. The molecule has 0 saturated heterocycles. The van der Waals surface area contributed by atoms with Crippen LogP contribution >= 0.6 is 34.2 Å². The average Bonchev–Trinajstić information content (AvgIpc) is 2.36. The lowest BCUT2D eigenvalue weighted by molar-refractivity contribution is 0.480. The molecule has 0 heterocycles. The number of benzene rings is 1. The largest absolute Gasteiger partial charge is 0.310 e. The summed E-state index contributed by atoms with van der Waals surface area (Å²) in [4.78, 5) is 0. The summed E-state index contributed by atoms with van der Waals surface area (Å²) in [7, 11) is 0. The third-order valence-electron chi connectivity index (χ3n) is 3.13. The van der Waals surface area contributed by atoms with Crippen molar-refractivity contribution in [1.82, 2.24) is 5.32 Å². The Labute approximate surface area is 130 Å². The lowest BCUT2D eigenvalue weighted by atomic mass is 10.00. The van der Waals surface area contributed by atoms with Crippen LogP contribution in [0.1, 0.15) is 57.6 Å². The van der Waals surface area contributed by atoms with Crippen molar-refractivity contribution < 1.29 is 0 Å². The van der Waals surface area contributed by atoms with Gasteiger partial charge in [-0.25, -0.2) is 0 Å². The predicted molar refractivity (Wildman–Crippen MR) is 89.3 cm³/mol. The van der Waals surface area contributed by atoms with E-state index in [2.05, 4.69) is 53.9 Å². The minimum absolute atomic E-state index is 0.442. The minimum atomic E-state index is 0.442. The molecule has 1 aromatic carbocycles. The molecule has 0 fully saturated rings. The fraction of sp³-hybridized carbons (Fsp3) is 0.600. The van der Waals surface area contributed by atoms with Crippen LogP contribution < -0.4 is 5.32 Å². The number of halogens is 2. The molecule has 0 aliphatic rings. The van der Waals surface area contributed by atoms with Crippen molar-refractivity contribution in [3.8, 4) is 0 Å². The van der Waals surface area contributed by atoms with Crippen LogP contribution in [0.5, 0.6) is 0 Å². The number of unbranched alkanes of at least 4 members (excludes halogenated alkanes) is 3. The molecule has 0 aliphatic heterocycles. The molecule has 0 aliphatic carbocycles. The minimum Gasteiger partial charge on any atom is -0.310 e. The van der Waals surface area contributed by atoms with Crippen molar-refractivity contribution in [2.45, 2.75) is 52.0 Å². The second-order valence-corrected chi connectivity index (χ2v) is 6.22. The molecule has 3 heteroatoms. The molecule has 0 spiro atoms. The molecule has 1 aromatic rings. The molecule has 18 heavy (non-hydrogen) atoms. The van der Waals surface area contributed by atoms with E-state index in [-0.39, 0.29) is 0 Å². The Bertz CT molecular complexity index is 354. The van der Waals surface area contributed by atoms with Crippen LogP contribution in [0.3, 0.4) is 0 Å². The summed E-state index contributed by atoms with van der Waals surface area (Å²) in [6, 6.07) is 6.62. The van der Waals surface area contributed by atoms with Gasteiger partial charge in [-0.2, -0.15) is 0 Å². The smallest absolute Gasteiger partial charge is 0.0410 e. The van der Waals surface area contributed by atoms with Crippen LogP contribution in [-0.4, -0.2) is 6.54 Å². The normalized spacial score (nSPS) is 12.7. The molecule has 102 valence electrons. The second kappa shape index (κ2) is 9.16. The average molecular weight is 380 g/mol. The predicted octanol–water partition coefficient (Wildman–Crippen LogP) is 5.57. The van der Waals surface area contributed by atoms with Gasteiger partial charge >= 0.3 is 0 Å². The molecule has 0 aromatic heterocycles. The first-order chi connectivity index (χ1) is 8.69. The Morgan fingerprint density at radius 1 is 1.22 bits per heavy atom. The number of hydrogen-bond donors (Lipinski definition) is 1. The number of hydrogen-bond acceptors (Lipinski definition) is 1. The van der Waals surface area contributed by atoms with E-state index in [9.17, 15) is 0 Å².